The third-order valence-electron chi connectivity index (χ3n) is 3.55. The highest BCUT2D eigenvalue weighted by atomic mass is 16.5. The molecule has 1 fully saturated rings. The number of aliphatic hydroxyl groups is 8. The first-order chi connectivity index (χ1) is 10.2. The fraction of sp³-hybridized carbons (Fsp3) is 0.917. The molecule has 0 aromatic rings. The van der Waals surface area contributed by atoms with E-state index in [0.717, 1.165) is 0 Å². The predicted octanol–water partition coefficient (Wildman–Crippen LogP) is -5.14. The average molecular weight is 326 g/mol. The number of rotatable bonds is 7. The van der Waals surface area contributed by atoms with E-state index in [-0.39, 0.29) is 0 Å². The number of hydrogen-bond acceptors (Lipinski definition) is 10. The largest absolute Gasteiger partial charge is 0.394 e. The minimum atomic E-state index is -2.05. The maximum absolute atomic E-state index is 12.0. The number of ether oxygens (including phenoxy) is 1. The molecule has 0 bridgehead atoms. The van der Waals surface area contributed by atoms with Gasteiger partial charge in [0, 0.05) is 6.42 Å². The second-order valence-corrected chi connectivity index (χ2v) is 5.24. The zero-order valence-corrected chi connectivity index (χ0v) is 11.6. The molecule has 1 rings (SSSR count). The van der Waals surface area contributed by atoms with Crippen LogP contribution >= 0.6 is 0 Å². The lowest BCUT2D eigenvalue weighted by Gasteiger charge is -2.40. The molecular formula is C12H22O10. The van der Waals surface area contributed by atoms with Crippen molar-refractivity contribution in [3.63, 3.8) is 0 Å². The summed E-state index contributed by atoms with van der Waals surface area (Å²) >= 11 is 0. The molecule has 1 aliphatic heterocycles. The van der Waals surface area contributed by atoms with E-state index in [1.165, 1.54) is 0 Å². The van der Waals surface area contributed by atoms with Crippen molar-refractivity contribution in [3.8, 4) is 0 Å². The molecule has 0 aliphatic carbocycles. The lowest BCUT2D eigenvalue weighted by atomic mass is 9.89. The van der Waals surface area contributed by atoms with Crippen LogP contribution < -0.4 is 0 Å². The summed E-state index contributed by atoms with van der Waals surface area (Å²) in [7, 11) is 0. The van der Waals surface area contributed by atoms with Crippen LogP contribution in [0.25, 0.3) is 0 Å². The first-order valence-corrected chi connectivity index (χ1v) is 6.73. The summed E-state index contributed by atoms with van der Waals surface area (Å²) < 4.78 is 4.95. The van der Waals surface area contributed by atoms with Gasteiger partial charge in [-0.1, -0.05) is 0 Å². The Morgan fingerprint density at radius 1 is 1.00 bits per heavy atom. The number of aliphatic hydroxyl groups excluding tert-OH is 8. The summed E-state index contributed by atoms with van der Waals surface area (Å²) in [6.45, 7) is -1.42. The molecule has 22 heavy (non-hydrogen) atoms. The maximum Gasteiger partial charge on any atom is 0.195 e. The van der Waals surface area contributed by atoms with Gasteiger partial charge in [0.15, 0.2) is 5.78 Å². The van der Waals surface area contributed by atoms with Gasteiger partial charge in [-0.05, 0) is 0 Å². The topological polar surface area (TPSA) is 188 Å². The zero-order chi connectivity index (χ0) is 17.0. The van der Waals surface area contributed by atoms with E-state index in [4.69, 9.17) is 20.1 Å². The van der Waals surface area contributed by atoms with Crippen LogP contribution in [0, 0.1) is 0 Å². The highest BCUT2D eigenvalue weighted by molar-refractivity contribution is 5.88. The third kappa shape index (κ3) is 4.19. The highest BCUT2D eigenvalue weighted by Crippen LogP contribution is 2.23. The second kappa shape index (κ2) is 8.24. The van der Waals surface area contributed by atoms with Gasteiger partial charge in [-0.2, -0.15) is 0 Å². The Bertz CT molecular complexity index is 362. The Labute approximate surface area is 125 Å². The molecule has 130 valence electrons. The molecule has 0 amide bonds. The normalized spacial score (nSPS) is 36.6. The van der Waals surface area contributed by atoms with E-state index < -0.39 is 74.2 Å². The standard InChI is InChI=1S/C12H22O10/c13-2-4(15)1-5(16)7(17)10(20)12-11(21)9(19)8(18)6(3-14)22-12/h4-9,11-19,21H,1-3H2/t4-,5-,6+,7+,8+,9-,11-,12?/m0/s1. The molecule has 10 heteroatoms. The monoisotopic (exact) mass is 326 g/mol. The second-order valence-electron chi connectivity index (χ2n) is 5.24. The molecule has 8 atom stereocenters. The number of carbonyl (C=O) groups is 1. The molecule has 0 aromatic heterocycles. The Morgan fingerprint density at radius 2 is 1.59 bits per heavy atom. The lowest BCUT2D eigenvalue weighted by molar-refractivity contribution is -0.229. The minimum Gasteiger partial charge on any atom is -0.394 e. The summed E-state index contributed by atoms with van der Waals surface area (Å²) in [5.74, 6) is -1.19. The summed E-state index contributed by atoms with van der Waals surface area (Å²) in [5.41, 5.74) is 0. The quantitative estimate of drug-likeness (QED) is 0.225. The van der Waals surface area contributed by atoms with Crippen LogP contribution in [-0.2, 0) is 9.53 Å². The molecule has 1 unspecified atom stereocenters. The highest BCUT2D eigenvalue weighted by Gasteiger charge is 2.48. The van der Waals surface area contributed by atoms with Gasteiger partial charge < -0.3 is 45.6 Å². The van der Waals surface area contributed by atoms with Crippen LogP contribution in [-0.4, -0.2) is 109 Å². The van der Waals surface area contributed by atoms with E-state index >= 15 is 0 Å². The van der Waals surface area contributed by atoms with Gasteiger partial charge in [0.1, 0.15) is 36.6 Å². The van der Waals surface area contributed by atoms with Crippen molar-refractivity contribution >= 4 is 5.78 Å². The van der Waals surface area contributed by atoms with Crippen LogP contribution in [0.4, 0.5) is 0 Å². The van der Waals surface area contributed by atoms with Crippen LogP contribution in [0.15, 0.2) is 0 Å². The van der Waals surface area contributed by atoms with Gasteiger partial charge in [-0.15, -0.1) is 0 Å². The molecule has 0 spiro atoms. The van der Waals surface area contributed by atoms with Crippen molar-refractivity contribution in [2.75, 3.05) is 13.2 Å². The van der Waals surface area contributed by atoms with Gasteiger partial charge >= 0.3 is 0 Å². The third-order valence-corrected chi connectivity index (χ3v) is 3.55. The summed E-state index contributed by atoms with van der Waals surface area (Å²) in [6.07, 6.45) is -14.0. The van der Waals surface area contributed by atoms with Crippen LogP contribution in [0.1, 0.15) is 6.42 Å². The van der Waals surface area contributed by atoms with E-state index in [0.29, 0.717) is 0 Å². The van der Waals surface area contributed by atoms with Gasteiger partial charge in [0.2, 0.25) is 0 Å². The van der Waals surface area contributed by atoms with Crippen molar-refractivity contribution in [2.45, 2.75) is 55.3 Å². The Hall–Kier alpha value is -0.690. The number of hydrogen-bond donors (Lipinski definition) is 8. The summed E-state index contributed by atoms with van der Waals surface area (Å²) in [6, 6.07) is 0. The lowest BCUT2D eigenvalue weighted by Crippen LogP contribution is -2.62. The van der Waals surface area contributed by atoms with Gasteiger partial charge in [-0.25, -0.2) is 0 Å². The van der Waals surface area contributed by atoms with Crippen LogP contribution in [0.2, 0.25) is 0 Å². The van der Waals surface area contributed by atoms with Gasteiger partial charge in [0.25, 0.3) is 0 Å². The fourth-order valence-electron chi connectivity index (χ4n) is 2.18. The van der Waals surface area contributed by atoms with E-state index in [9.17, 15) is 30.3 Å². The maximum atomic E-state index is 12.0. The van der Waals surface area contributed by atoms with Crippen molar-refractivity contribution in [1.82, 2.24) is 0 Å². The first kappa shape index (κ1) is 19.4. The molecule has 1 aliphatic rings. The molecular weight excluding hydrogens is 304 g/mol. The fourth-order valence-corrected chi connectivity index (χ4v) is 2.18. The van der Waals surface area contributed by atoms with E-state index in [1.807, 2.05) is 0 Å². The molecule has 8 N–H and O–H groups in total. The SMILES string of the molecule is O=C(C1O[C@H](CO)[C@@H](O)[C@H](O)[C@@H]1O)[C@H](O)[C@@H](O)C[C@H](O)CO. The Kier molecular flexibility index (Phi) is 7.25. The van der Waals surface area contributed by atoms with Gasteiger partial charge in [0.05, 0.1) is 25.4 Å². The number of ketones is 1. The number of Topliss-reactive ketones (excluding diaryl/α,β-unsaturated/α-hetero) is 1. The molecule has 0 aromatic carbocycles. The average Bonchev–Trinajstić information content (AvgIpc) is 2.51. The summed E-state index contributed by atoms with van der Waals surface area (Å²) in [5, 5.41) is 75.0. The molecule has 1 saturated heterocycles. The molecule has 0 radical (unpaired) electrons. The minimum absolute atomic E-state index is 0.499. The van der Waals surface area contributed by atoms with Crippen molar-refractivity contribution in [2.24, 2.45) is 0 Å². The van der Waals surface area contributed by atoms with Crippen LogP contribution in [0.3, 0.4) is 0 Å². The van der Waals surface area contributed by atoms with Crippen molar-refractivity contribution < 1.29 is 50.4 Å². The van der Waals surface area contributed by atoms with Gasteiger partial charge in [-0.3, -0.25) is 4.79 Å². The number of carbonyl (C=O) groups excluding carboxylic acids is 1. The van der Waals surface area contributed by atoms with Crippen molar-refractivity contribution in [3.05, 3.63) is 0 Å². The molecule has 1 heterocycles. The first-order valence-electron chi connectivity index (χ1n) is 6.73. The Morgan fingerprint density at radius 3 is 2.09 bits per heavy atom. The molecule has 10 nitrogen and oxygen atoms in total. The Balaban J connectivity index is 2.77. The summed E-state index contributed by atoms with van der Waals surface area (Å²) in [4.78, 5) is 12.0. The zero-order valence-electron chi connectivity index (χ0n) is 11.6. The smallest absolute Gasteiger partial charge is 0.195 e. The van der Waals surface area contributed by atoms with Crippen molar-refractivity contribution in [1.29, 1.82) is 0 Å². The molecule has 0 saturated carbocycles. The van der Waals surface area contributed by atoms with E-state index in [2.05, 4.69) is 0 Å². The van der Waals surface area contributed by atoms with Crippen LogP contribution in [0.5, 0.6) is 0 Å². The predicted molar refractivity (Wildman–Crippen MR) is 68.5 cm³/mol. The van der Waals surface area contributed by atoms with E-state index in [1.54, 1.807) is 0 Å².